The van der Waals surface area contributed by atoms with E-state index in [1.54, 1.807) is 39.5 Å². The van der Waals surface area contributed by atoms with Gasteiger partial charge in [-0.25, -0.2) is 24.1 Å². The first-order chi connectivity index (χ1) is 19.2. The molecule has 41 heavy (non-hydrogen) atoms. The Hall–Kier alpha value is -3.97. The van der Waals surface area contributed by atoms with Crippen LogP contribution in [0.3, 0.4) is 0 Å². The van der Waals surface area contributed by atoms with Crippen LogP contribution in [0.25, 0.3) is 11.3 Å². The lowest BCUT2D eigenvalue weighted by Gasteiger charge is -2.34. The molecule has 0 aromatic carbocycles. The van der Waals surface area contributed by atoms with Gasteiger partial charge in [0.25, 0.3) is 0 Å². The molecule has 0 aliphatic carbocycles. The molecule has 2 aliphatic rings. The SMILES string of the molecule is Cc1noc(C)c1-c1nc2c(cc1F)C(c1nc(N[C@H]3CCCN(C(=O)OC(C)(C)C)C3)ncc1C(F)(F)F)CN2. The number of hydrogen-bond donors (Lipinski definition) is 2. The predicted molar refractivity (Wildman–Crippen MR) is 141 cm³/mol. The minimum Gasteiger partial charge on any atom is -0.444 e. The first-order valence-electron chi connectivity index (χ1n) is 13.3. The maximum absolute atomic E-state index is 15.3. The van der Waals surface area contributed by atoms with E-state index in [0.717, 1.165) is 6.20 Å². The van der Waals surface area contributed by atoms with Crippen molar-refractivity contribution >= 4 is 17.9 Å². The van der Waals surface area contributed by atoms with E-state index in [-0.39, 0.29) is 47.8 Å². The first kappa shape index (κ1) is 28.6. The van der Waals surface area contributed by atoms with Crippen LogP contribution in [0.1, 0.15) is 67.8 Å². The number of fused-ring (bicyclic) bond motifs is 1. The Bertz CT molecular complexity index is 1450. The smallest absolute Gasteiger partial charge is 0.419 e. The zero-order chi connectivity index (χ0) is 29.7. The number of likely N-dealkylation sites (tertiary alicyclic amines) is 1. The summed E-state index contributed by atoms with van der Waals surface area (Å²) in [6.45, 7) is 9.42. The second-order valence-electron chi connectivity index (χ2n) is 11.3. The monoisotopic (exact) mass is 577 g/mol. The highest BCUT2D eigenvalue weighted by molar-refractivity contribution is 5.70. The van der Waals surface area contributed by atoms with Gasteiger partial charge in [0.05, 0.1) is 22.5 Å². The zero-order valence-electron chi connectivity index (χ0n) is 23.3. The molecule has 10 nitrogen and oxygen atoms in total. The fourth-order valence-corrected chi connectivity index (χ4v) is 5.18. The highest BCUT2D eigenvalue weighted by atomic mass is 19.4. The number of ether oxygens (including phenoxy) is 1. The molecule has 2 atom stereocenters. The van der Waals surface area contributed by atoms with E-state index < -0.39 is 35.2 Å². The molecule has 2 N–H and O–H groups in total. The second kappa shape index (κ2) is 10.5. The summed E-state index contributed by atoms with van der Waals surface area (Å²) >= 11 is 0. The molecule has 1 saturated heterocycles. The molecule has 0 spiro atoms. The van der Waals surface area contributed by atoms with E-state index in [9.17, 15) is 18.0 Å². The van der Waals surface area contributed by atoms with E-state index in [0.29, 0.717) is 36.4 Å². The van der Waals surface area contributed by atoms with Crippen LogP contribution >= 0.6 is 0 Å². The van der Waals surface area contributed by atoms with Gasteiger partial charge in [0.2, 0.25) is 5.95 Å². The Kier molecular flexibility index (Phi) is 7.28. The van der Waals surface area contributed by atoms with Gasteiger partial charge < -0.3 is 24.8 Å². The van der Waals surface area contributed by atoms with Crippen molar-refractivity contribution in [2.75, 3.05) is 30.3 Å². The summed E-state index contributed by atoms with van der Waals surface area (Å²) in [5, 5.41) is 9.91. The number of carbonyl (C=O) groups is 1. The summed E-state index contributed by atoms with van der Waals surface area (Å²) < 4.78 is 68.1. The number of rotatable bonds is 4. The number of halogens is 4. The van der Waals surface area contributed by atoms with Crippen LogP contribution in [0, 0.1) is 19.7 Å². The number of anilines is 2. The summed E-state index contributed by atoms with van der Waals surface area (Å²) in [6.07, 6.45) is -3.14. The topological polar surface area (TPSA) is 118 Å². The Labute approximate surface area is 233 Å². The third-order valence-corrected chi connectivity index (χ3v) is 6.98. The van der Waals surface area contributed by atoms with Crippen LogP contribution in [0.2, 0.25) is 0 Å². The normalized spacial score (nSPS) is 19.1. The van der Waals surface area contributed by atoms with Gasteiger partial charge in [-0.1, -0.05) is 5.16 Å². The Balaban J connectivity index is 1.44. The number of piperidine rings is 1. The molecule has 1 amide bonds. The summed E-state index contributed by atoms with van der Waals surface area (Å²) in [5.41, 5.74) is -0.876. The Morgan fingerprint density at radius 2 is 1.98 bits per heavy atom. The number of nitrogens with zero attached hydrogens (tertiary/aromatic N) is 5. The average Bonchev–Trinajstić information content (AvgIpc) is 3.43. The molecule has 3 aromatic rings. The van der Waals surface area contributed by atoms with Crippen molar-refractivity contribution in [3.05, 3.63) is 46.4 Å². The maximum atomic E-state index is 15.3. The third-order valence-electron chi connectivity index (χ3n) is 6.98. The molecule has 5 heterocycles. The molecule has 0 bridgehead atoms. The summed E-state index contributed by atoms with van der Waals surface area (Å²) in [5.74, 6) is -1.03. The molecular weight excluding hydrogens is 546 g/mol. The lowest BCUT2D eigenvalue weighted by atomic mass is 9.94. The van der Waals surface area contributed by atoms with Gasteiger partial charge in [0.15, 0.2) is 0 Å². The van der Waals surface area contributed by atoms with Crippen molar-refractivity contribution in [1.82, 2.24) is 25.0 Å². The third kappa shape index (κ3) is 5.91. The van der Waals surface area contributed by atoms with Crippen LogP contribution in [0.15, 0.2) is 16.8 Å². The van der Waals surface area contributed by atoms with E-state index in [2.05, 4.69) is 30.7 Å². The van der Waals surface area contributed by atoms with Crippen molar-refractivity contribution in [3.63, 3.8) is 0 Å². The number of nitrogens with one attached hydrogen (secondary N) is 2. The minimum absolute atomic E-state index is 0.000998. The van der Waals surface area contributed by atoms with Crippen LogP contribution in [0.4, 0.5) is 34.1 Å². The Morgan fingerprint density at radius 3 is 2.63 bits per heavy atom. The van der Waals surface area contributed by atoms with E-state index in [1.807, 2.05) is 0 Å². The number of aryl methyl sites for hydroxylation is 2. The van der Waals surface area contributed by atoms with Gasteiger partial charge >= 0.3 is 12.3 Å². The number of carbonyl (C=O) groups excluding carboxylic acids is 1. The van der Waals surface area contributed by atoms with Gasteiger partial charge in [-0.15, -0.1) is 0 Å². The molecule has 1 fully saturated rings. The molecule has 0 radical (unpaired) electrons. The van der Waals surface area contributed by atoms with Gasteiger partial charge in [0, 0.05) is 43.4 Å². The first-order valence-corrected chi connectivity index (χ1v) is 13.3. The highest BCUT2D eigenvalue weighted by Gasteiger charge is 2.40. The van der Waals surface area contributed by atoms with Crippen LogP contribution in [-0.4, -0.2) is 62.4 Å². The van der Waals surface area contributed by atoms with Crippen LogP contribution < -0.4 is 10.6 Å². The molecule has 1 unspecified atom stereocenters. The lowest BCUT2D eigenvalue weighted by molar-refractivity contribution is -0.138. The van der Waals surface area contributed by atoms with Crippen molar-refractivity contribution in [2.24, 2.45) is 0 Å². The fraction of sp³-hybridized carbons (Fsp3) is 0.519. The molecule has 2 aliphatic heterocycles. The zero-order valence-corrected chi connectivity index (χ0v) is 23.3. The molecule has 0 saturated carbocycles. The highest BCUT2D eigenvalue weighted by Crippen LogP contribution is 2.42. The second-order valence-corrected chi connectivity index (χ2v) is 11.3. The quantitative estimate of drug-likeness (QED) is 0.378. The lowest BCUT2D eigenvalue weighted by Crippen LogP contribution is -2.47. The van der Waals surface area contributed by atoms with Gasteiger partial charge in [-0.05, 0) is 53.5 Å². The fourth-order valence-electron chi connectivity index (χ4n) is 5.18. The summed E-state index contributed by atoms with van der Waals surface area (Å²) in [7, 11) is 0. The van der Waals surface area contributed by atoms with Crippen LogP contribution in [0.5, 0.6) is 0 Å². The van der Waals surface area contributed by atoms with E-state index >= 15 is 4.39 Å². The van der Waals surface area contributed by atoms with E-state index in [4.69, 9.17) is 9.26 Å². The molecule has 3 aromatic heterocycles. The molecule has 5 rings (SSSR count). The van der Waals surface area contributed by atoms with Gasteiger partial charge in [-0.2, -0.15) is 13.2 Å². The largest absolute Gasteiger partial charge is 0.444 e. The van der Waals surface area contributed by atoms with E-state index in [1.165, 1.54) is 6.07 Å². The standard InChI is InChI=1S/C27H31F4N7O3/c1-13-20(14(2)41-37-13)22-19(28)9-16-17(10-32-23(16)35-22)21-18(27(29,30)31)11-33-24(36-21)34-15-7-6-8-38(12-15)25(39)40-26(3,4)5/h9,11,15,17H,6-8,10,12H2,1-5H3,(H,32,35)(H,33,34,36)/t15-,17?/m0/s1. The number of aromatic nitrogens is 4. The minimum atomic E-state index is -4.74. The van der Waals surface area contributed by atoms with Crippen molar-refractivity contribution in [2.45, 2.75) is 71.2 Å². The number of amides is 1. The predicted octanol–water partition coefficient (Wildman–Crippen LogP) is 5.67. The van der Waals surface area contributed by atoms with Crippen molar-refractivity contribution < 1.29 is 31.6 Å². The average molecular weight is 578 g/mol. The molecular formula is C27H31F4N7O3. The molecule has 220 valence electrons. The van der Waals surface area contributed by atoms with Gasteiger partial charge in [0.1, 0.15) is 28.7 Å². The number of pyridine rings is 1. The number of alkyl halides is 3. The van der Waals surface area contributed by atoms with Crippen molar-refractivity contribution in [3.8, 4) is 11.3 Å². The Morgan fingerprint density at radius 1 is 1.22 bits per heavy atom. The summed E-state index contributed by atoms with van der Waals surface area (Å²) in [6, 6.07) is 0.884. The molecule has 14 heteroatoms. The van der Waals surface area contributed by atoms with Gasteiger partial charge in [-0.3, -0.25) is 0 Å². The number of hydrogen-bond acceptors (Lipinski definition) is 9. The van der Waals surface area contributed by atoms with Crippen LogP contribution in [-0.2, 0) is 10.9 Å². The van der Waals surface area contributed by atoms with Crippen molar-refractivity contribution in [1.29, 1.82) is 0 Å². The maximum Gasteiger partial charge on any atom is 0.419 e. The summed E-state index contributed by atoms with van der Waals surface area (Å²) in [4.78, 5) is 26.7.